The Bertz CT molecular complexity index is 372. The fourth-order valence-electron chi connectivity index (χ4n) is 0.789. The SMILES string of the molecule is O=[N+]([O-])[O-].O=[N+]([O-])[O-].[NH3+][C@@H](Cc1c[nH+]c[nH]1)C(=O)O. The molecule has 108 valence electrons. The Hall–Kier alpha value is -2.96. The first-order valence-electron chi connectivity index (χ1n) is 4.39. The molecule has 13 nitrogen and oxygen atoms in total. The second-order valence-corrected chi connectivity index (χ2v) is 2.81. The van der Waals surface area contributed by atoms with Crippen molar-refractivity contribution in [3.63, 3.8) is 0 Å². The lowest BCUT2D eigenvalue weighted by Gasteiger charge is -1.96. The Morgan fingerprint density at radius 3 is 2.05 bits per heavy atom. The third-order valence-corrected chi connectivity index (χ3v) is 1.41. The summed E-state index contributed by atoms with van der Waals surface area (Å²) in [5.74, 6) is -0.875. The van der Waals surface area contributed by atoms with Gasteiger partial charge in [0.25, 0.3) is 0 Å². The van der Waals surface area contributed by atoms with E-state index < -0.39 is 22.2 Å². The van der Waals surface area contributed by atoms with Crippen LogP contribution in [0.5, 0.6) is 0 Å². The molecule has 6 N–H and O–H groups in total. The van der Waals surface area contributed by atoms with Crippen molar-refractivity contribution in [1.82, 2.24) is 4.98 Å². The van der Waals surface area contributed by atoms with Crippen molar-refractivity contribution in [3.05, 3.63) is 48.9 Å². The van der Waals surface area contributed by atoms with Crippen molar-refractivity contribution in [2.24, 2.45) is 0 Å². The van der Waals surface area contributed by atoms with E-state index in [2.05, 4.69) is 15.7 Å². The monoisotopic (exact) mass is 281 g/mol. The summed E-state index contributed by atoms with van der Waals surface area (Å²) in [4.78, 5) is 32.5. The van der Waals surface area contributed by atoms with Gasteiger partial charge < -0.3 is 41.5 Å². The molecule has 1 rings (SSSR count). The molecule has 0 unspecified atom stereocenters. The lowest BCUT2D eigenvalue weighted by molar-refractivity contribution is -0.407. The summed E-state index contributed by atoms with van der Waals surface area (Å²) in [6.07, 6.45) is 3.80. The number of carboxylic acid groups (broad SMARTS) is 1. The molecule has 1 aromatic heterocycles. The maximum atomic E-state index is 10.3. The molecule has 0 aliphatic rings. The molecule has 0 aliphatic carbocycles. The topological polar surface area (TPSA) is 227 Å². The maximum absolute atomic E-state index is 10.3. The Morgan fingerprint density at radius 2 is 1.79 bits per heavy atom. The molecule has 0 saturated heterocycles. The van der Waals surface area contributed by atoms with Gasteiger partial charge in [0.1, 0.15) is 11.9 Å². The van der Waals surface area contributed by atoms with Crippen LogP contribution in [0.15, 0.2) is 12.5 Å². The molecule has 0 aliphatic heterocycles. The lowest BCUT2D eigenvalue weighted by atomic mass is 10.2. The normalized spacial score (nSPS) is 9.95. The summed E-state index contributed by atoms with van der Waals surface area (Å²) in [6, 6.07) is -0.581. The van der Waals surface area contributed by atoms with Crippen LogP contribution in [-0.4, -0.2) is 32.3 Å². The van der Waals surface area contributed by atoms with Crippen molar-refractivity contribution in [2.75, 3.05) is 0 Å². The van der Waals surface area contributed by atoms with Gasteiger partial charge in [0.15, 0.2) is 6.04 Å². The van der Waals surface area contributed by atoms with E-state index in [9.17, 15) is 4.79 Å². The number of nitrogens with zero attached hydrogens (tertiary/aromatic N) is 2. The molecule has 1 atom stereocenters. The molecule has 1 aromatic rings. The number of hydrogen-bond donors (Lipinski definition) is 3. The first-order chi connectivity index (χ1) is 8.66. The van der Waals surface area contributed by atoms with Gasteiger partial charge in [0.05, 0.1) is 16.6 Å². The largest absolute Gasteiger partial charge is 0.477 e. The van der Waals surface area contributed by atoms with E-state index in [-0.39, 0.29) is 0 Å². The summed E-state index contributed by atoms with van der Waals surface area (Å²) < 4.78 is 0. The number of rotatable bonds is 3. The van der Waals surface area contributed by atoms with Gasteiger partial charge in [0.2, 0.25) is 6.33 Å². The summed E-state index contributed by atoms with van der Waals surface area (Å²) >= 11 is 0. The highest BCUT2D eigenvalue weighted by Gasteiger charge is 2.18. The van der Waals surface area contributed by atoms with E-state index in [1.165, 1.54) is 0 Å². The number of H-pyrrole nitrogens is 2. The number of carbonyl (C=O) groups is 1. The molecule has 0 radical (unpaired) electrons. The van der Waals surface area contributed by atoms with E-state index in [1.807, 2.05) is 0 Å². The first kappa shape index (κ1) is 18.4. The predicted molar refractivity (Wildman–Crippen MR) is 56.1 cm³/mol. The summed E-state index contributed by atoms with van der Waals surface area (Å²) in [6.45, 7) is 0. The van der Waals surface area contributed by atoms with Crippen LogP contribution in [0.4, 0.5) is 0 Å². The van der Waals surface area contributed by atoms with E-state index >= 15 is 0 Å². The van der Waals surface area contributed by atoms with Gasteiger partial charge in [-0.2, -0.15) is 0 Å². The molecule has 0 aromatic carbocycles. The third kappa shape index (κ3) is 17.6. The van der Waals surface area contributed by atoms with Crippen LogP contribution in [0.2, 0.25) is 0 Å². The molecule has 1 heterocycles. The molecule has 0 saturated carbocycles. The highest BCUT2D eigenvalue weighted by Crippen LogP contribution is 1.91. The minimum atomic E-state index is -1.75. The van der Waals surface area contributed by atoms with Crippen LogP contribution in [0, 0.1) is 30.6 Å². The molecule has 0 fully saturated rings. The number of hydrogen-bond acceptors (Lipinski definition) is 7. The van der Waals surface area contributed by atoms with Crippen molar-refractivity contribution >= 4 is 5.97 Å². The van der Waals surface area contributed by atoms with Gasteiger partial charge in [-0.05, 0) is 0 Å². The predicted octanol–water partition coefficient (Wildman–Crippen LogP) is -2.41. The van der Waals surface area contributed by atoms with E-state index in [0.717, 1.165) is 5.69 Å². The highest BCUT2D eigenvalue weighted by atomic mass is 16.9. The average Bonchev–Trinajstić information content (AvgIpc) is 2.68. The average molecular weight is 281 g/mol. The lowest BCUT2D eigenvalue weighted by Crippen LogP contribution is -2.66. The zero-order valence-electron chi connectivity index (χ0n) is 9.35. The van der Waals surface area contributed by atoms with Crippen LogP contribution in [0.3, 0.4) is 0 Å². The number of aliphatic carboxylic acids is 1. The summed E-state index contributed by atoms with van der Waals surface area (Å²) in [5.41, 5.74) is 4.33. The van der Waals surface area contributed by atoms with Gasteiger partial charge in [-0.3, -0.25) is 4.98 Å². The van der Waals surface area contributed by atoms with Gasteiger partial charge in [0, 0.05) is 0 Å². The summed E-state index contributed by atoms with van der Waals surface area (Å²) in [7, 11) is 0. The number of quaternary nitrogens is 1. The van der Waals surface area contributed by atoms with Crippen molar-refractivity contribution < 1.29 is 30.8 Å². The fraction of sp³-hybridized carbons (Fsp3) is 0.333. The minimum Gasteiger partial charge on any atom is -0.477 e. The molecule has 0 bridgehead atoms. The molecule has 13 heteroatoms. The van der Waals surface area contributed by atoms with Gasteiger partial charge in [-0.15, -0.1) is 0 Å². The third-order valence-electron chi connectivity index (χ3n) is 1.41. The second-order valence-electron chi connectivity index (χ2n) is 2.81. The van der Waals surface area contributed by atoms with Gasteiger partial charge >= 0.3 is 5.97 Å². The molecule has 19 heavy (non-hydrogen) atoms. The Morgan fingerprint density at radius 1 is 1.37 bits per heavy atom. The van der Waals surface area contributed by atoms with Crippen LogP contribution in [0.25, 0.3) is 0 Å². The van der Waals surface area contributed by atoms with Gasteiger partial charge in [-0.1, -0.05) is 0 Å². The van der Waals surface area contributed by atoms with Crippen LogP contribution in [0.1, 0.15) is 5.69 Å². The van der Waals surface area contributed by atoms with E-state index in [4.69, 9.17) is 35.7 Å². The van der Waals surface area contributed by atoms with E-state index in [1.54, 1.807) is 12.5 Å². The van der Waals surface area contributed by atoms with E-state index in [0.29, 0.717) is 6.42 Å². The van der Waals surface area contributed by atoms with Crippen molar-refractivity contribution in [1.29, 1.82) is 0 Å². The zero-order valence-corrected chi connectivity index (χ0v) is 9.35. The standard InChI is InChI=1S/C6H9N3O2.2NO3/c7-5(6(10)11)1-4-2-8-3-9-4;2*2-1(3)4/h2-3,5H,1,7H2,(H,8,9)(H,10,11);;/q;2*-1/p+2/t5-;;/m0../s1. The Balaban J connectivity index is 0. The van der Waals surface area contributed by atoms with Crippen molar-refractivity contribution in [2.45, 2.75) is 12.5 Å². The highest BCUT2D eigenvalue weighted by molar-refractivity contribution is 5.71. The van der Waals surface area contributed by atoms with Crippen LogP contribution in [-0.2, 0) is 11.2 Å². The second kappa shape index (κ2) is 10.2. The number of aromatic amines is 2. The summed E-state index contributed by atoms with van der Waals surface area (Å²) in [5, 5.41) is 38.0. The molecule has 0 amide bonds. The molecular formula is C6H11N5O8. The van der Waals surface area contributed by atoms with Gasteiger partial charge in [-0.25, -0.2) is 9.78 Å². The zero-order chi connectivity index (χ0) is 15.4. The van der Waals surface area contributed by atoms with Crippen LogP contribution < -0.4 is 10.7 Å². The Kier molecular flexibility index (Phi) is 9.89. The number of carboxylic acids is 1. The number of aromatic nitrogens is 2. The smallest absolute Gasteiger partial charge is 0.362 e. The van der Waals surface area contributed by atoms with Crippen molar-refractivity contribution in [3.8, 4) is 0 Å². The Labute approximate surface area is 104 Å². The molecular weight excluding hydrogens is 270 g/mol. The maximum Gasteiger partial charge on any atom is 0.362 e. The fourth-order valence-corrected chi connectivity index (χ4v) is 0.789. The van der Waals surface area contributed by atoms with Crippen LogP contribution >= 0.6 is 0 Å². The quantitative estimate of drug-likeness (QED) is 0.397. The minimum absolute atomic E-state index is 0.429. The number of imidazole rings is 1. The first-order valence-corrected chi connectivity index (χ1v) is 4.39. The molecule has 0 spiro atoms. The number of nitrogens with one attached hydrogen (secondary N) is 2.